The molecule has 8 heteroatoms. The number of aryl methyl sites for hydroxylation is 2. The zero-order valence-electron chi connectivity index (χ0n) is 16.1. The van der Waals surface area contributed by atoms with Gasteiger partial charge in [0.2, 0.25) is 0 Å². The number of carbonyl (C=O) groups excluding carboxylic acids is 1. The molecule has 0 saturated heterocycles. The summed E-state index contributed by atoms with van der Waals surface area (Å²) in [6.45, 7) is 4.00. The summed E-state index contributed by atoms with van der Waals surface area (Å²) in [5, 5.41) is 10.9. The van der Waals surface area contributed by atoms with Gasteiger partial charge in [-0.1, -0.05) is 13.8 Å². The highest BCUT2D eigenvalue weighted by Crippen LogP contribution is 2.14. The van der Waals surface area contributed by atoms with Gasteiger partial charge in [-0.2, -0.15) is 0 Å². The van der Waals surface area contributed by atoms with Crippen LogP contribution >= 0.6 is 0 Å². The van der Waals surface area contributed by atoms with Crippen molar-refractivity contribution in [3.05, 3.63) is 77.9 Å². The average molecular weight is 391 g/mol. The molecule has 0 aliphatic rings. The summed E-state index contributed by atoms with van der Waals surface area (Å²) in [5.74, 6) is -3.19. The molecule has 1 aromatic carbocycles. The van der Waals surface area contributed by atoms with Gasteiger partial charge in [-0.3, -0.25) is 4.79 Å². The molecule has 0 spiro atoms. The Hall–Kier alpha value is -3.42. The van der Waals surface area contributed by atoms with Crippen LogP contribution < -0.4 is 5.32 Å². The topological polar surface area (TPSA) is 76.3 Å². The number of hydrogen-bond acceptors (Lipinski definition) is 2. The van der Waals surface area contributed by atoms with Gasteiger partial charge in [-0.15, -0.1) is 0 Å². The number of rotatable bonds is 3. The molecule has 2 heterocycles. The summed E-state index contributed by atoms with van der Waals surface area (Å²) < 4.78 is 28.8. The lowest BCUT2D eigenvalue weighted by Gasteiger charge is -2.06. The maximum absolute atomic E-state index is 12.9. The van der Waals surface area contributed by atoms with E-state index in [9.17, 15) is 18.4 Å². The minimum Gasteiger partial charge on any atom is -0.477 e. The summed E-state index contributed by atoms with van der Waals surface area (Å²) >= 11 is 0. The standard InChI is InChI=1S/C12H10F2N2O.C6H7NO2.C2H6/c1-16-6-2-3-11(16)12(17)15-8-4-5-9(13)10(14)7-8;1-7-4-2-3-5(7)6(8)9;1-2/h2-7H,1H3,(H,15,17);2-4H,1H3,(H,8,9);1-2H3. The predicted molar refractivity (Wildman–Crippen MR) is 103 cm³/mol. The van der Waals surface area contributed by atoms with Crippen LogP contribution in [0.5, 0.6) is 0 Å². The first kappa shape index (κ1) is 22.6. The van der Waals surface area contributed by atoms with Crippen molar-refractivity contribution in [2.75, 3.05) is 5.32 Å². The number of hydrogen-bond donors (Lipinski definition) is 2. The van der Waals surface area contributed by atoms with Crippen LogP contribution in [-0.2, 0) is 14.1 Å². The van der Waals surface area contributed by atoms with E-state index >= 15 is 0 Å². The number of amides is 1. The SMILES string of the molecule is CC.Cn1cccc1C(=O)Nc1ccc(F)c(F)c1.Cn1cccc1C(=O)O. The van der Waals surface area contributed by atoms with Gasteiger partial charge in [-0.05, 0) is 36.4 Å². The highest BCUT2D eigenvalue weighted by atomic mass is 19.2. The van der Waals surface area contributed by atoms with Crippen molar-refractivity contribution < 1.29 is 23.5 Å². The number of benzene rings is 1. The van der Waals surface area contributed by atoms with Crippen molar-refractivity contribution in [2.24, 2.45) is 14.1 Å². The van der Waals surface area contributed by atoms with Crippen LogP contribution in [0.25, 0.3) is 0 Å². The number of nitrogens with one attached hydrogen (secondary N) is 1. The van der Waals surface area contributed by atoms with Crippen LogP contribution in [-0.4, -0.2) is 26.1 Å². The Kier molecular flexibility index (Phi) is 8.61. The third-order valence-corrected chi connectivity index (χ3v) is 3.52. The fraction of sp³-hybridized carbons (Fsp3) is 0.200. The number of aromatic nitrogens is 2. The van der Waals surface area contributed by atoms with Crippen LogP contribution in [0.3, 0.4) is 0 Å². The van der Waals surface area contributed by atoms with Gasteiger partial charge in [0.05, 0.1) is 0 Å². The Morgan fingerprint density at radius 1 is 0.893 bits per heavy atom. The van der Waals surface area contributed by atoms with E-state index in [0.717, 1.165) is 12.1 Å². The number of anilines is 1. The molecule has 0 atom stereocenters. The zero-order valence-corrected chi connectivity index (χ0v) is 16.1. The molecule has 0 unspecified atom stereocenters. The third kappa shape index (κ3) is 6.08. The maximum Gasteiger partial charge on any atom is 0.352 e. The first-order valence-corrected chi connectivity index (χ1v) is 8.52. The number of nitrogens with zero attached hydrogens (tertiary/aromatic N) is 2. The molecule has 0 fully saturated rings. The summed E-state index contributed by atoms with van der Waals surface area (Å²) in [5.41, 5.74) is 0.972. The average Bonchev–Trinajstić information content (AvgIpc) is 3.28. The quantitative estimate of drug-likeness (QED) is 0.699. The summed E-state index contributed by atoms with van der Waals surface area (Å²) in [6.07, 6.45) is 3.42. The van der Waals surface area contributed by atoms with Gasteiger partial charge in [0.15, 0.2) is 11.6 Å². The van der Waals surface area contributed by atoms with Gasteiger partial charge < -0.3 is 19.6 Å². The molecule has 6 nitrogen and oxygen atoms in total. The van der Waals surface area contributed by atoms with Crippen molar-refractivity contribution in [3.63, 3.8) is 0 Å². The van der Waals surface area contributed by atoms with Gasteiger partial charge >= 0.3 is 5.97 Å². The minimum atomic E-state index is -0.991. The van der Waals surface area contributed by atoms with Gasteiger partial charge in [0.1, 0.15) is 11.4 Å². The minimum absolute atomic E-state index is 0.218. The number of carboxylic acids is 1. The molecule has 2 aromatic heterocycles. The number of halogens is 2. The van der Waals surface area contributed by atoms with Crippen molar-refractivity contribution in [1.82, 2.24) is 9.13 Å². The van der Waals surface area contributed by atoms with Crippen LogP contribution in [0.15, 0.2) is 54.9 Å². The van der Waals surface area contributed by atoms with Crippen molar-refractivity contribution >= 4 is 17.6 Å². The van der Waals surface area contributed by atoms with E-state index in [2.05, 4.69) is 5.32 Å². The lowest BCUT2D eigenvalue weighted by molar-refractivity contribution is 0.0686. The van der Waals surface area contributed by atoms with Crippen LogP contribution in [0.4, 0.5) is 14.5 Å². The zero-order chi connectivity index (χ0) is 21.3. The Labute approximate surface area is 162 Å². The molecular formula is C20H23F2N3O3. The lowest BCUT2D eigenvalue weighted by Crippen LogP contribution is -2.15. The van der Waals surface area contributed by atoms with Crippen LogP contribution in [0, 0.1) is 11.6 Å². The van der Waals surface area contributed by atoms with E-state index in [1.165, 1.54) is 6.07 Å². The smallest absolute Gasteiger partial charge is 0.352 e. The molecule has 0 saturated carbocycles. The van der Waals surface area contributed by atoms with Gasteiger partial charge in [-0.25, -0.2) is 13.6 Å². The summed E-state index contributed by atoms with van der Waals surface area (Å²) in [6, 6.07) is 9.83. The molecule has 0 aliphatic carbocycles. The van der Waals surface area contributed by atoms with Gasteiger partial charge in [0.25, 0.3) is 5.91 Å². The molecule has 0 radical (unpaired) electrons. The molecule has 3 aromatic rings. The normalized spacial score (nSPS) is 9.50. The van der Waals surface area contributed by atoms with E-state index in [1.807, 2.05) is 13.8 Å². The predicted octanol–water partition coefficient (Wildman–Crippen LogP) is 4.31. The van der Waals surface area contributed by atoms with E-state index in [0.29, 0.717) is 11.4 Å². The summed E-state index contributed by atoms with van der Waals surface area (Å²) in [7, 11) is 3.42. The fourth-order valence-electron chi connectivity index (χ4n) is 2.15. The molecule has 3 rings (SSSR count). The Morgan fingerprint density at radius 3 is 1.82 bits per heavy atom. The second-order valence-corrected chi connectivity index (χ2v) is 5.40. The van der Waals surface area contributed by atoms with E-state index in [1.54, 1.807) is 59.9 Å². The second kappa shape index (κ2) is 10.7. The third-order valence-electron chi connectivity index (χ3n) is 3.52. The maximum atomic E-state index is 12.9. The Morgan fingerprint density at radius 2 is 1.43 bits per heavy atom. The molecule has 0 aliphatic heterocycles. The van der Waals surface area contributed by atoms with Gasteiger partial charge in [0, 0.05) is 38.2 Å². The van der Waals surface area contributed by atoms with Crippen LogP contribution in [0.1, 0.15) is 34.8 Å². The molecule has 0 bridgehead atoms. The van der Waals surface area contributed by atoms with E-state index in [-0.39, 0.29) is 11.6 Å². The van der Waals surface area contributed by atoms with Crippen molar-refractivity contribution in [1.29, 1.82) is 0 Å². The highest BCUT2D eigenvalue weighted by Gasteiger charge is 2.10. The van der Waals surface area contributed by atoms with Crippen LogP contribution in [0.2, 0.25) is 0 Å². The summed E-state index contributed by atoms with van der Waals surface area (Å²) in [4.78, 5) is 22.0. The van der Waals surface area contributed by atoms with E-state index < -0.39 is 17.6 Å². The highest BCUT2D eigenvalue weighted by molar-refractivity contribution is 6.03. The molecule has 28 heavy (non-hydrogen) atoms. The second-order valence-electron chi connectivity index (χ2n) is 5.40. The molecule has 2 N–H and O–H groups in total. The molecule has 1 amide bonds. The van der Waals surface area contributed by atoms with Crippen molar-refractivity contribution in [2.45, 2.75) is 13.8 Å². The first-order valence-electron chi connectivity index (χ1n) is 8.52. The number of carbonyl (C=O) groups is 2. The lowest BCUT2D eigenvalue weighted by atomic mass is 10.3. The largest absolute Gasteiger partial charge is 0.477 e. The Bertz CT molecular complexity index is 932. The monoisotopic (exact) mass is 391 g/mol. The molecule has 150 valence electrons. The number of carboxylic acid groups (broad SMARTS) is 1. The van der Waals surface area contributed by atoms with Crippen molar-refractivity contribution in [3.8, 4) is 0 Å². The molecular weight excluding hydrogens is 368 g/mol. The van der Waals surface area contributed by atoms with E-state index in [4.69, 9.17) is 5.11 Å². The Balaban J connectivity index is 0.000000301. The number of aromatic carboxylic acids is 1. The fourth-order valence-corrected chi connectivity index (χ4v) is 2.15. The first-order chi connectivity index (χ1) is 13.3.